The van der Waals surface area contributed by atoms with Crippen LogP contribution in [0.2, 0.25) is 0 Å². The van der Waals surface area contributed by atoms with Gasteiger partial charge in [-0.15, -0.1) is 0 Å². The molecule has 0 aliphatic carbocycles. The lowest BCUT2D eigenvalue weighted by molar-refractivity contribution is -0.131. The third kappa shape index (κ3) is 3.75. The highest BCUT2D eigenvalue weighted by atomic mass is 16.7. The van der Waals surface area contributed by atoms with E-state index in [0.717, 1.165) is 16.2 Å². The monoisotopic (exact) mass is 385 g/mol. The number of aromatic nitrogens is 2. The second-order valence-electron chi connectivity index (χ2n) is 6.49. The summed E-state index contributed by atoms with van der Waals surface area (Å²) in [5.74, 6) is 0.484. The fourth-order valence-electron chi connectivity index (χ4n) is 3.10. The number of carbonyl (C=O) groups is 3. The molecule has 28 heavy (non-hydrogen) atoms. The molecule has 0 spiro atoms. The Morgan fingerprint density at radius 2 is 2.14 bits per heavy atom. The number of carbonyl (C=O) groups excluding carboxylic acids is 3. The van der Waals surface area contributed by atoms with Crippen molar-refractivity contribution in [3.8, 4) is 11.5 Å². The van der Waals surface area contributed by atoms with E-state index >= 15 is 0 Å². The van der Waals surface area contributed by atoms with Gasteiger partial charge in [0.2, 0.25) is 12.7 Å². The molecular weight excluding hydrogens is 366 g/mol. The Kier molecular flexibility index (Phi) is 4.83. The van der Waals surface area contributed by atoms with Crippen molar-refractivity contribution in [2.24, 2.45) is 0 Å². The van der Waals surface area contributed by atoms with Gasteiger partial charge in [0.05, 0.1) is 19.3 Å². The molecule has 2 aliphatic rings. The minimum atomic E-state index is -0.867. The fraction of sp³-hybridized carbons (Fsp3) is 0.333. The van der Waals surface area contributed by atoms with E-state index in [1.165, 1.54) is 0 Å². The highest BCUT2D eigenvalue weighted by Gasteiger charge is 2.39. The molecule has 0 radical (unpaired) electrons. The quantitative estimate of drug-likeness (QED) is 0.589. The van der Waals surface area contributed by atoms with Crippen molar-refractivity contribution in [1.82, 2.24) is 25.5 Å². The maximum Gasteiger partial charge on any atom is 0.325 e. The van der Waals surface area contributed by atoms with E-state index < -0.39 is 18.0 Å². The van der Waals surface area contributed by atoms with Crippen LogP contribution in [0.25, 0.3) is 0 Å². The van der Waals surface area contributed by atoms with Crippen molar-refractivity contribution in [3.05, 3.63) is 42.0 Å². The summed E-state index contributed by atoms with van der Waals surface area (Å²) >= 11 is 0. The van der Waals surface area contributed by atoms with Crippen LogP contribution in [0, 0.1) is 0 Å². The summed E-state index contributed by atoms with van der Waals surface area (Å²) in [5, 5.41) is 5.30. The van der Waals surface area contributed by atoms with Crippen LogP contribution in [0.5, 0.6) is 11.5 Å². The zero-order chi connectivity index (χ0) is 19.5. The van der Waals surface area contributed by atoms with E-state index in [4.69, 9.17) is 9.47 Å². The summed E-state index contributed by atoms with van der Waals surface area (Å²) in [6.07, 6.45) is 3.75. The second-order valence-corrected chi connectivity index (χ2v) is 6.49. The van der Waals surface area contributed by atoms with Crippen molar-refractivity contribution in [2.45, 2.75) is 25.4 Å². The Hall–Kier alpha value is -3.56. The van der Waals surface area contributed by atoms with Gasteiger partial charge in [-0.3, -0.25) is 14.5 Å². The van der Waals surface area contributed by atoms with E-state index in [2.05, 4.69) is 20.6 Å². The van der Waals surface area contributed by atoms with Crippen LogP contribution in [-0.2, 0) is 22.6 Å². The van der Waals surface area contributed by atoms with Crippen LogP contribution >= 0.6 is 0 Å². The van der Waals surface area contributed by atoms with Gasteiger partial charge in [0.1, 0.15) is 6.04 Å². The van der Waals surface area contributed by atoms with Crippen LogP contribution in [0.3, 0.4) is 0 Å². The first kappa shape index (κ1) is 17.8. The molecule has 146 valence electrons. The largest absolute Gasteiger partial charge is 0.454 e. The molecule has 2 aliphatic heterocycles. The number of hydrogen-bond acceptors (Lipinski definition) is 6. The van der Waals surface area contributed by atoms with Gasteiger partial charge in [-0.1, -0.05) is 6.07 Å². The molecule has 4 rings (SSSR count). The maximum absolute atomic E-state index is 12.5. The molecular formula is C18H19N5O5. The molecule has 1 aromatic carbocycles. The third-order valence-electron chi connectivity index (χ3n) is 4.55. The van der Waals surface area contributed by atoms with Gasteiger partial charge in [-0.2, -0.15) is 0 Å². The summed E-state index contributed by atoms with van der Waals surface area (Å²) in [5.41, 5.74) is 1.64. The molecule has 0 saturated carbocycles. The first-order valence-electron chi connectivity index (χ1n) is 8.84. The number of benzene rings is 1. The average Bonchev–Trinajstić information content (AvgIpc) is 3.40. The van der Waals surface area contributed by atoms with Gasteiger partial charge >= 0.3 is 6.03 Å². The molecule has 4 amide bonds. The van der Waals surface area contributed by atoms with Crippen LogP contribution in [-0.4, -0.2) is 52.1 Å². The zero-order valence-electron chi connectivity index (χ0n) is 14.9. The van der Waals surface area contributed by atoms with Gasteiger partial charge in [-0.05, 0) is 17.7 Å². The predicted molar refractivity (Wildman–Crippen MR) is 95.4 cm³/mol. The van der Waals surface area contributed by atoms with E-state index in [-0.39, 0.29) is 25.7 Å². The average molecular weight is 385 g/mol. The molecule has 0 bridgehead atoms. The lowest BCUT2D eigenvalue weighted by Gasteiger charge is -2.13. The van der Waals surface area contributed by atoms with Gasteiger partial charge in [0.25, 0.3) is 5.91 Å². The molecule has 1 atom stereocenters. The molecule has 1 saturated heterocycles. The Morgan fingerprint density at radius 1 is 1.29 bits per heavy atom. The fourth-order valence-corrected chi connectivity index (χ4v) is 3.10. The first-order valence-corrected chi connectivity index (χ1v) is 8.84. The molecule has 3 N–H and O–H groups in total. The van der Waals surface area contributed by atoms with Crippen LogP contribution in [0.1, 0.15) is 17.7 Å². The van der Waals surface area contributed by atoms with E-state index in [1.54, 1.807) is 30.7 Å². The lowest BCUT2D eigenvalue weighted by Crippen LogP contribution is -2.37. The number of H-pyrrole nitrogens is 1. The predicted octanol–water partition coefficient (Wildman–Crippen LogP) is 0.308. The topological polar surface area (TPSA) is 126 Å². The zero-order valence-corrected chi connectivity index (χ0v) is 14.9. The normalized spacial score (nSPS) is 17.7. The number of imide groups is 1. The first-order chi connectivity index (χ1) is 13.6. The van der Waals surface area contributed by atoms with E-state index in [1.807, 2.05) is 0 Å². The van der Waals surface area contributed by atoms with Gasteiger partial charge in [0.15, 0.2) is 11.5 Å². The van der Waals surface area contributed by atoms with Crippen molar-refractivity contribution < 1.29 is 23.9 Å². The number of nitrogens with zero attached hydrogens (tertiary/aromatic N) is 2. The molecule has 10 nitrogen and oxygen atoms in total. The number of hydrogen-bond donors (Lipinski definition) is 3. The lowest BCUT2D eigenvalue weighted by atomic mass is 10.1. The van der Waals surface area contributed by atoms with E-state index in [0.29, 0.717) is 24.5 Å². The van der Waals surface area contributed by atoms with Gasteiger partial charge < -0.3 is 25.1 Å². The second kappa shape index (κ2) is 7.59. The summed E-state index contributed by atoms with van der Waals surface area (Å²) < 4.78 is 10.6. The highest BCUT2D eigenvalue weighted by Crippen LogP contribution is 2.33. The Bertz CT molecular complexity index is 898. The highest BCUT2D eigenvalue weighted by molar-refractivity contribution is 6.05. The maximum atomic E-state index is 12.5. The molecule has 2 aromatic rings. The molecule has 1 fully saturated rings. The SMILES string of the molecule is O=C(CC1NC(=O)N(Cc2ccc3c(c2)OCO3)C1=O)NCCc1cnc[nH]1. The van der Waals surface area contributed by atoms with Crippen molar-refractivity contribution in [3.63, 3.8) is 0 Å². The Balaban J connectivity index is 1.30. The Morgan fingerprint density at radius 3 is 2.96 bits per heavy atom. The Labute approximate surface area is 160 Å². The summed E-state index contributed by atoms with van der Waals surface area (Å²) in [4.78, 5) is 44.8. The van der Waals surface area contributed by atoms with Crippen LogP contribution < -0.4 is 20.1 Å². The van der Waals surface area contributed by atoms with E-state index in [9.17, 15) is 14.4 Å². The minimum absolute atomic E-state index is 0.0965. The van der Waals surface area contributed by atoms with Crippen molar-refractivity contribution in [2.75, 3.05) is 13.3 Å². The number of imidazole rings is 1. The number of urea groups is 1. The molecule has 1 unspecified atom stereocenters. The molecule has 10 heteroatoms. The van der Waals surface area contributed by atoms with Gasteiger partial charge in [-0.25, -0.2) is 9.78 Å². The van der Waals surface area contributed by atoms with Crippen molar-refractivity contribution >= 4 is 17.8 Å². The number of amides is 4. The van der Waals surface area contributed by atoms with Crippen LogP contribution in [0.4, 0.5) is 4.79 Å². The standard InChI is InChI=1S/C18H19N5O5/c24-16(20-4-3-12-7-19-9-21-12)6-13-17(25)23(18(26)22-13)8-11-1-2-14-15(5-11)28-10-27-14/h1-2,5,7,9,13H,3-4,6,8,10H2,(H,19,21)(H,20,24)(H,22,26). The molecule has 3 heterocycles. The number of nitrogens with one attached hydrogen (secondary N) is 3. The summed E-state index contributed by atoms with van der Waals surface area (Å²) in [7, 11) is 0. The van der Waals surface area contributed by atoms with Crippen molar-refractivity contribution in [1.29, 1.82) is 0 Å². The van der Waals surface area contributed by atoms with Crippen LogP contribution in [0.15, 0.2) is 30.7 Å². The number of rotatable bonds is 7. The third-order valence-corrected chi connectivity index (χ3v) is 4.55. The summed E-state index contributed by atoms with van der Waals surface area (Å²) in [6, 6.07) is 3.86. The number of ether oxygens (including phenoxy) is 2. The smallest absolute Gasteiger partial charge is 0.325 e. The summed E-state index contributed by atoms with van der Waals surface area (Å²) in [6.45, 7) is 0.662. The van der Waals surface area contributed by atoms with Gasteiger partial charge in [0, 0.05) is 24.9 Å². The number of aromatic amines is 1. The number of fused-ring (bicyclic) bond motifs is 1. The minimum Gasteiger partial charge on any atom is -0.454 e. The molecule has 1 aromatic heterocycles.